The molecule has 0 radical (unpaired) electrons. The van der Waals surface area contributed by atoms with E-state index in [-0.39, 0.29) is 5.91 Å². The zero-order valence-electron chi connectivity index (χ0n) is 11.2. The van der Waals surface area contributed by atoms with E-state index in [0.29, 0.717) is 18.7 Å². The van der Waals surface area contributed by atoms with Crippen LogP contribution in [0.2, 0.25) is 0 Å². The molecule has 1 heterocycles. The number of anilines is 1. The van der Waals surface area contributed by atoms with Gasteiger partial charge in [0, 0.05) is 41.2 Å². The second-order valence-corrected chi connectivity index (χ2v) is 5.22. The number of hydrogen-bond acceptors (Lipinski definition) is 3. The molecule has 0 saturated heterocycles. The molecule has 0 aliphatic rings. The van der Waals surface area contributed by atoms with Crippen LogP contribution in [0, 0.1) is 0 Å². The lowest BCUT2D eigenvalue weighted by Crippen LogP contribution is -2.22. The molecule has 5 heteroatoms. The summed E-state index contributed by atoms with van der Waals surface area (Å²) in [6, 6.07) is 9.46. The smallest absolute Gasteiger partial charge is 0.251 e. The number of rotatable bonds is 5. The first-order chi connectivity index (χ1) is 9.69. The molecule has 1 aromatic carbocycles. The Hall–Kier alpha value is -1.88. The molecule has 2 N–H and O–H groups in total. The summed E-state index contributed by atoms with van der Waals surface area (Å²) in [6.45, 7) is 3.19. The monoisotopic (exact) mass is 333 g/mol. The Bertz CT molecular complexity index is 601. The van der Waals surface area contributed by atoms with Crippen molar-refractivity contribution >= 4 is 27.5 Å². The highest BCUT2D eigenvalue weighted by Crippen LogP contribution is 2.14. The zero-order chi connectivity index (χ0) is 14.4. The minimum Gasteiger partial charge on any atom is -0.381 e. The maximum Gasteiger partial charge on any atom is 0.251 e. The summed E-state index contributed by atoms with van der Waals surface area (Å²) in [4.78, 5) is 15.9. The first-order valence-electron chi connectivity index (χ1n) is 6.40. The van der Waals surface area contributed by atoms with Gasteiger partial charge in [0.2, 0.25) is 0 Å². The first-order valence-corrected chi connectivity index (χ1v) is 7.20. The lowest BCUT2D eigenvalue weighted by atomic mass is 10.2. The van der Waals surface area contributed by atoms with Crippen LogP contribution in [0.4, 0.5) is 5.69 Å². The molecule has 1 amide bonds. The molecule has 0 unspecified atom stereocenters. The summed E-state index contributed by atoms with van der Waals surface area (Å²) >= 11 is 3.39. The molecule has 104 valence electrons. The molecule has 0 bridgehead atoms. The zero-order valence-corrected chi connectivity index (χ0v) is 12.8. The van der Waals surface area contributed by atoms with Gasteiger partial charge >= 0.3 is 0 Å². The number of hydrogen-bond donors (Lipinski definition) is 2. The van der Waals surface area contributed by atoms with Crippen molar-refractivity contribution in [2.24, 2.45) is 0 Å². The molecular weight excluding hydrogens is 318 g/mol. The Morgan fingerprint density at radius 2 is 2.15 bits per heavy atom. The number of halogens is 1. The highest BCUT2D eigenvalue weighted by atomic mass is 79.9. The van der Waals surface area contributed by atoms with Crippen LogP contribution in [0.3, 0.4) is 0 Å². The molecule has 4 nitrogen and oxygen atoms in total. The summed E-state index contributed by atoms with van der Waals surface area (Å²) in [5, 5.41) is 6.07. The van der Waals surface area contributed by atoms with E-state index < -0.39 is 0 Å². The second-order valence-electron chi connectivity index (χ2n) is 4.31. The van der Waals surface area contributed by atoms with Crippen LogP contribution in [0.25, 0.3) is 0 Å². The molecule has 0 aliphatic carbocycles. The van der Waals surface area contributed by atoms with E-state index in [2.05, 4.69) is 31.5 Å². The quantitative estimate of drug-likeness (QED) is 0.883. The normalized spacial score (nSPS) is 10.1. The maximum atomic E-state index is 11.8. The third kappa shape index (κ3) is 4.06. The van der Waals surface area contributed by atoms with Gasteiger partial charge in [-0.15, -0.1) is 0 Å². The largest absolute Gasteiger partial charge is 0.381 e. The molecule has 0 aliphatic heterocycles. The van der Waals surface area contributed by atoms with Crippen LogP contribution in [0.1, 0.15) is 22.8 Å². The number of pyridine rings is 1. The SMILES string of the molecule is CCNC(=O)c1cccc(NCc2cncc(Br)c2)c1. The molecule has 1 aromatic heterocycles. The van der Waals surface area contributed by atoms with Crippen LogP contribution in [0.15, 0.2) is 47.2 Å². The van der Waals surface area contributed by atoms with Crippen molar-refractivity contribution in [2.45, 2.75) is 13.5 Å². The minimum absolute atomic E-state index is 0.0553. The summed E-state index contributed by atoms with van der Waals surface area (Å²) in [5.74, 6) is -0.0553. The van der Waals surface area contributed by atoms with Gasteiger partial charge in [-0.2, -0.15) is 0 Å². The highest BCUT2D eigenvalue weighted by molar-refractivity contribution is 9.10. The van der Waals surface area contributed by atoms with Crippen LogP contribution in [0.5, 0.6) is 0 Å². The lowest BCUT2D eigenvalue weighted by Gasteiger charge is -2.08. The lowest BCUT2D eigenvalue weighted by molar-refractivity contribution is 0.0956. The van der Waals surface area contributed by atoms with Gasteiger partial charge in [0.05, 0.1) is 0 Å². The maximum absolute atomic E-state index is 11.8. The first kappa shape index (κ1) is 14.5. The predicted molar refractivity (Wildman–Crippen MR) is 83.7 cm³/mol. The van der Waals surface area contributed by atoms with Gasteiger partial charge in [0.15, 0.2) is 0 Å². The van der Waals surface area contributed by atoms with E-state index >= 15 is 0 Å². The van der Waals surface area contributed by atoms with Crippen LogP contribution >= 0.6 is 15.9 Å². The van der Waals surface area contributed by atoms with Crippen LogP contribution < -0.4 is 10.6 Å². The van der Waals surface area contributed by atoms with E-state index in [9.17, 15) is 4.79 Å². The van der Waals surface area contributed by atoms with Crippen LogP contribution in [-0.2, 0) is 6.54 Å². The van der Waals surface area contributed by atoms with E-state index in [0.717, 1.165) is 15.7 Å². The van der Waals surface area contributed by atoms with Crippen molar-refractivity contribution in [3.63, 3.8) is 0 Å². The van der Waals surface area contributed by atoms with Crippen molar-refractivity contribution in [3.8, 4) is 0 Å². The van der Waals surface area contributed by atoms with Crippen molar-refractivity contribution in [1.29, 1.82) is 0 Å². The summed E-state index contributed by atoms with van der Waals surface area (Å²) in [6.07, 6.45) is 3.56. The third-order valence-electron chi connectivity index (χ3n) is 2.72. The Morgan fingerprint density at radius 3 is 2.90 bits per heavy atom. The van der Waals surface area contributed by atoms with Gasteiger partial charge in [0.25, 0.3) is 5.91 Å². The van der Waals surface area contributed by atoms with E-state index in [4.69, 9.17) is 0 Å². The van der Waals surface area contributed by atoms with Gasteiger partial charge in [-0.25, -0.2) is 0 Å². The van der Waals surface area contributed by atoms with Crippen molar-refractivity contribution in [2.75, 3.05) is 11.9 Å². The van der Waals surface area contributed by atoms with Gasteiger partial charge in [-0.05, 0) is 52.7 Å². The van der Waals surface area contributed by atoms with E-state index in [1.165, 1.54) is 0 Å². The molecule has 2 rings (SSSR count). The average Bonchev–Trinajstić information content (AvgIpc) is 2.46. The fraction of sp³-hybridized carbons (Fsp3) is 0.200. The fourth-order valence-corrected chi connectivity index (χ4v) is 2.20. The predicted octanol–water partition coefficient (Wildman–Crippen LogP) is 3.21. The number of amides is 1. The van der Waals surface area contributed by atoms with Gasteiger partial charge < -0.3 is 10.6 Å². The number of carbonyl (C=O) groups excluding carboxylic acids is 1. The Kier molecular flexibility index (Phi) is 5.12. The Labute approximate surface area is 126 Å². The third-order valence-corrected chi connectivity index (χ3v) is 3.15. The average molecular weight is 334 g/mol. The van der Waals surface area contributed by atoms with Crippen LogP contribution in [-0.4, -0.2) is 17.4 Å². The highest BCUT2D eigenvalue weighted by Gasteiger charge is 2.04. The topological polar surface area (TPSA) is 54.0 Å². The standard InChI is InChI=1S/C15H16BrN3O/c1-2-18-15(20)12-4-3-5-14(7-12)19-9-11-6-13(16)10-17-8-11/h3-8,10,19H,2,9H2,1H3,(H,18,20). The number of nitrogens with one attached hydrogen (secondary N) is 2. The Balaban J connectivity index is 2.03. The minimum atomic E-state index is -0.0553. The molecular formula is C15H16BrN3O. The molecule has 20 heavy (non-hydrogen) atoms. The van der Waals surface area contributed by atoms with E-state index in [1.807, 2.05) is 37.4 Å². The van der Waals surface area contributed by atoms with Crippen molar-refractivity contribution < 1.29 is 4.79 Å². The second kappa shape index (κ2) is 7.05. The summed E-state index contributed by atoms with van der Waals surface area (Å²) < 4.78 is 0.952. The number of aromatic nitrogens is 1. The molecule has 2 aromatic rings. The summed E-state index contributed by atoms with van der Waals surface area (Å²) in [5.41, 5.74) is 2.64. The summed E-state index contributed by atoms with van der Waals surface area (Å²) in [7, 11) is 0. The molecule has 0 spiro atoms. The molecule has 0 fully saturated rings. The molecule has 0 atom stereocenters. The molecule has 0 saturated carbocycles. The van der Waals surface area contributed by atoms with Gasteiger partial charge in [-0.3, -0.25) is 9.78 Å². The van der Waals surface area contributed by atoms with E-state index in [1.54, 1.807) is 12.3 Å². The van der Waals surface area contributed by atoms with Crippen molar-refractivity contribution in [3.05, 3.63) is 58.3 Å². The number of carbonyl (C=O) groups is 1. The van der Waals surface area contributed by atoms with Crippen molar-refractivity contribution in [1.82, 2.24) is 10.3 Å². The van der Waals surface area contributed by atoms with Gasteiger partial charge in [-0.1, -0.05) is 6.07 Å². The van der Waals surface area contributed by atoms with Gasteiger partial charge in [0.1, 0.15) is 0 Å². The Morgan fingerprint density at radius 1 is 1.30 bits per heavy atom. The fourth-order valence-electron chi connectivity index (χ4n) is 1.79. The number of nitrogens with zero attached hydrogens (tertiary/aromatic N) is 1. The number of benzene rings is 1.